The van der Waals surface area contributed by atoms with Crippen LogP contribution >= 0.6 is 34.0 Å². The van der Waals surface area contributed by atoms with Crippen molar-refractivity contribution < 1.29 is 0 Å². The monoisotopic (exact) mass is 1120 g/mol. The summed E-state index contributed by atoms with van der Waals surface area (Å²) in [6.07, 6.45) is 0. The molecule has 0 spiro atoms. The van der Waals surface area contributed by atoms with E-state index >= 15 is 0 Å². The molecule has 390 valence electrons. The van der Waals surface area contributed by atoms with Crippen molar-refractivity contribution in [1.29, 1.82) is 0 Å². The van der Waals surface area contributed by atoms with E-state index in [9.17, 15) is 0 Å². The van der Waals surface area contributed by atoms with Gasteiger partial charge in [0.1, 0.15) is 0 Å². The van der Waals surface area contributed by atoms with Gasteiger partial charge in [0.05, 0.1) is 33.1 Å². The maximum absolute atomic E-state index is 5.73. The predicted molar refractivity (Wildman–Crippen MR) is 358 cm³/mol. The van der Waals surface area contributed by atoms with E-state index < -0.39 is 0 Å². The number of rotatable bonds is 6. The molecule has 0 fully saturated rings. The first-order chi connectivity index (χ1) is 41.6. The highest BCUT2D eigenvalue weighted by Gasteiger charge is 2.24. The standard InChI is InChI=1S/C75H42N6S3/c1-7-19-61-49(13-1)52-31-25-43(46-28-34-58-55-16-4-10-22-67(55)82-70(58)40-46)37-64(52)79(61)73-76-74(80-62-20-8-2-14-50(62)53-32-26-44(38-65(53)80)47-29-35-59-56-17-5-11-23-68(56)83-71(59)41-47)78-75(77-73)81-63-21-9-3-15-51(63)54-33-27-45(39-66(54)81)48-30-36-60-57-18-6-12-24-69(57)84-72(60)42-48/h1-42H. The van der Waals surface area contributed by atoms with Crippen molar-refractivity contribution in [2.24, 2.45) is 0 Å². The Labute approximate surface area is 491 Å². The largest absolute Gasteiger partial charge is 0.278 e. The predicted octanol–water partition coefficient (Wildman–Crippen LogP) is 21.3. The summed E-state index contributed by atoms with van der Waals surface area (Å²) >= 11 is 5.54. The van der Waals surface area contributed by atoms with Crippen LogP contribution in [-0.2, 0) is 0 Å². The normalized spacial score (nSPS) is 12.3. The molecule has 0 saturated carbocycles. The van der Waals surface area contributed by atoms with E-state index in [1.165, 1.54) is 60.5 Å². The summed E-state index contributed by atoms with van der Waals surface area (Å²) in [6.45, 7) is 0. The van der Waals surface area contributed by atoms with E-state index in [1.54, 1.807) is 0 Å². The van der Waals surface area contributed by atoms with Crippen molar-refractivity contribution in [3.8, 4) is 51.2 Å². The van der Waals surface area contributed by atoms with Gasteiger partial charge < -0.3 is 0 Å². The van der Waals surface area contributed by atoms with Crippen LogP contribution < -0.4 is 0 Å². The maximum atomic E-state index is 5.73. The molecule has 0 atom stereocenters. The average Bonchev–Trinajstić information content (AvgIpc) is 2.96. The second-order valence-electron chi connectivity index (χ2n) is 21.9. The number of aromatic nitrogens is 6. The molecule has 84 heavy (non-hydrogen) atoms. The molecule has 0 aliphatic carbocycles. The number of fused-ring (bicyclic) bond motifs is 18. The third-order valence-electron chi connectivity index (χ3n) is 17.4. The third kappa shape index (κ3) is 6.79. The first kappa shape index (κ1) is 46.3. The molecule has 0 saturated heterocycles. The molecule has 0 N–H and O–H groups in total. The van der Waals surface area contributed by atoms with Crippen molar-refractivity contribution in [2.75, 3.05) is 0 Å². The van der Waals surface area contributed by atoms with Crippen molar-refractivity contribution in [2.45, 2.75) is 0 Å². The van der Waals surface area contributed by atoms with Gasteiger partial charge in [-0.1, -0.05) is 182 Å². The van der Waals surface area contributed by atoms with E-state index in [0.29, 0.717) is 17.8 Å². The summed E-state index contributed by atoms with van der Waals surface area (Å²) in [5.41, 5.74) is 12.9. The molecule has 7 aromatic heterocycles. The molecule has 9 heteroatoms. The van der Waals surface area contributed by atoms with Crippen LogP contribution in [0.3, 0.4) is 0 Å². The Bertz CT molecular complexity index is 5430. The van der Waals surface area contributed by atoms with Gasteiger partial charge in [-0.15, -0.1) is 34.0 Å². The highest BCUT2D eigenvalue weighted by Crippen LogP contribution is 2.44. The molecule has 12 aromatic carbocycles. The van der Waals surface area contributed by atoms with Gasteiger partial charge in [-0.25, -0.2) is 0 Å². The van der Waals surface area contributed by atoms with E-state index in [0.717, 1.165) is 98.8 Å². The molecule has 0 aliphatic heterocycles. The molecular weight excluding hydrogens is 1080 g/mol. The molecule has 0 aliphatic rings. The summed E-state index contributed by atoms with van der Waals surface area (Å²) < 4.78 is 14.5. The Morgan fingerprint density at radius 3 is 0.726 bits per heavy atom. The van der Waals surface area contributed by atoms with Crippen molar-refractivity contribution in [1.82, 2.24) is 28.7 Å². The van der Waals surface area contributed by atoms with Gasteiger partial charge in [-0.3, -0.25) is 13.7 Å². The number of hydrogen-bond acceptors (Lipinski definition) is 6. The zero-order valence-electron chi connectivity index (χ0n) is 44.7. The minimum atomic E-state index is 0.521. The van der Waals surface area contributed by atoms with Gasteiger partial charge in [-0.2, -0.15) is 15.0 Å². The lowest BCUT2D eigenvalue weighted by Gasteiger charge is -2.14. The molecule has 19 rings (SSSR count). The van der Waals surface area contributed by atoms with Gasteiger partial charge >= 0.3 is 0 Å². The molecular formula is C75H42N6S3. The van der Waals surface area contributed by atoms with Crippen LogP contribution in [0.5, 0.6) is 0 Å². The van der Waals surface area contributed by atoms with Crippen LogP contribution in [-0.4, -0.2) is 28.7 Å². The minimum absolute atomic E-state index is 0.521. The smallest absolute Gasteiger partial charge is 0.241 e. The lowest BCUT2D eigenvalue weighted by molar-refractivity contribution is 0.848. The lowest BCUT2D eigenvalue weighted by Crippen LogP contribution is -2.13. The second-order valence-corrected chi connectivity index (χ2v) is 25.2. The fourth-order valence-corrected chi connectivity index (χ4v) is 16.9. The van der Waals surface area contributed by atoms with Crippen molar-refractivity contribution in [3.63, 3.8) is 0 Å². The first-order valence-electron chi connectivity index (χ1n) is 28.2. The fourth-order valence-electron chi connectivity index (χ4n) is 13.5. The Hall–Kier alpha value is -10.3. The van der Waals surface area contributed by atoms with E-state index in [-0.39, 0.29) is 0 Å². The Morgan fingerprint density at radius 2 is 0.417 bits per heavy atom. The molecule has 0 unspecified atom stereocenters. The topological polar surface area (TPSA) is 53.5 Å². The van der Waals surface area contributed by atoms with Crippen LogP contribution in [0.4, 0.5) is 0 Å². The zero-order valence-corrected chi connectivity index (χ0v) is 47.1. The SMILES string of the molecule is c1ccc2c(c1)sc1cc(-c3ccc4c5ccccc5n(-c5nc(-n6c7ccccc7c7ccc(-c8ccc9c(c8)sc8ccccc89)cc76)nc(-n6c7ccccc7c7ccc(-c8ccc9c(c8)sc8ccccc89)cc76)n5)c4c3)ccc12. The summed E-state index contributed by atoms with van der Waals surface area (Å²) in [6, 6.07) is 93.4. The minimum Gasteiger partial charge on any atom is -0.278 e. The summed E-state index contributed by atoms with van der Waals surface area (Å²) in [4.78, 5) is 17.2. The number of hydrogen-bond donors (Lipinski definition) is 0. The summed E-state index contributed by atoms with van der Waals surface area (Å²) in [7, 11) is 0. The molecule has 7 heterocycles. The molecule has 19 aromatic rings. The van der Waals surface area contributed by atoms with E-state index in [1.807, 2.05) is 34.0 Å². The fraction of sp³-hybridized carbons (Fsp3) is 0. The quantitative estimate of drug-likeness (QED) is 0.167. The Morgan fingerprint density at radius 1 is 0.190 bits per heavy atom. The third-order valence-corrected chi connectivity index (χ3v) is 20.8. The molecule has 0 bridgehead atoms. The molecule has 6 nitrogen and oxygen atoms in total. The van der Waals surface area contributed by atoms with Crippen molar-refractivity contribution in [3.05, 3.63) is 255 Å². The summed E-state index contributed by atoms with van der Waals surface area (Å²) in [5.74, 6) is 1.56. The van der Waals surface area contributed by atoms with Crippen LogP contribution in [0.1, 0.15) is 0 Å². The highest BCUT2D eigenvalue weighted by molar-refractivity contribution is 7.26. The van der Waals surface area contributed by atoms with Gasteiger partial charge in [0, 0.05) is 92.8 Å². The summed E-state index contributed by atoms with van der Waals surface area (Å²) in [5, 5.41) is 14.5. The van der Waals surface area contributed by atoms with E-state index in [2.05, 4.69) is 268 Å². The zero-order chi connectivity index (χ0) is 54.7. The second kappa shape index (κ2) is 17.6. The highest BCUT2D eigenvalue weighted by atomic mass is 32.1. The van der Waals surface area contributed by atoms with Gasteiger partial charge in [0.2, 0.25) is 17.8 Å². The van der Waals surface area contributed by atoms with Crippen molar-refractivity contribution >= 4 is 160 Å². The number of thiophene rings is 3. The molecule has 0 radical (unpaired) electrons. The van der Waals surface area contributed by atoms with Crippen LogP contribution in [0, 0.1) is 0 Å². The van der Waals surface area contributed by atoms with Gasteiger partial charge in [-0.05, 0) is 106 Å². The van der Waals surface area contributed by atoms with Crippen LogP contribution in [0.2, 0.25) is 0 Å². The molecule has 0 amide bonds. The lowest BCUT2D eigenvalue weighted by atomic mass is 10.0. The van der Waals surface area contributed by atoms with Crippen LogP contribution in [0.25, 0.3) is 177 Å². The number of nitrogens with zero attached hydrogens (tertiary/aromatic N) is 6. The van der Waals surface area contributed by atoms with Gasteiger partial charge in [0.25, 0.3) is 0 Å². The van der Waals surface area contributed by atoms with E-state index in [4.69, 9.17) is 15.0 Å². The van der Waals surface area contributed by atoms with Gasteiger partial charge in [0.15, 0.2) is 0 Å². The Kier molecular flexibility index (Phi) is 9.71. The first-order valence-corrected chi connectivity index (χ1v) is 30.7. The Balaban J connectivity index is 0.877. The van der Waals surface area contributed by atoms with Crippen LogP contribution in [0.15, 0.2) is 255 Å². The number of para-hydroxylation sites is 3. The maximum Gasteiger partial charge on any atom is 0.241 e. The average molecular weight is 1120 g/mol. The number of benzene rings is 12.